The Morgan fingerprint density at radius 2 is 1.83 bits per heavy atom. The number of aryl methyl sites for hydroxylation is 1. The number of nitrogens with one attached hydrogen (secondary N) is 1. The zero-order chi connectivity index (χ0) is 20.8. The maximum absolute atomic E-state index is 12.5. The summed E-state index contributed by atoms with van der Waals surface area (Å²) >= 11 is 1.26. The van der Waals surface area contributed by atoms with Gasteiger partial charge in [0.2, 0.25) is 11.8 Å². The van der Waals surface area contributed by atoms with Crippen LogP contribution in [0.15, 0.2) is 58.2 Å². The van der Waals surface area contributed by atoms with Gasteiger partial charge in [-0.15, -0.1) is 10.2 Å². The Hall–Kier alpha value is -2.60. The Labute approximate surface area is 176 Å². The first kappa shape index (κ1) is 21.1. The minimum absolute atomic E-state index is 0.0800. The lowest BCUT2D eigenvalue weighted by Crippen LogP contribution is -2.16. The van der Waals surface area contributed by atoms with E-state index in [0.717, 1.165) is 16.8 Å². The van der Waals surface area contributed by atoms with Crippen molar-refractivity contribution in [2.24, 2.45) is 0 Å². The summed E-state index contributed by atoms with van der Waals surface area (Å²) in [6.45, 7) is 8.38. The van der Waals surface area contributed by atoms with Gasteiger partial charge in [-0.1, -0.05) is 81.1 Å². The van der Waals surface area contributed by atoms with Crippen LogP contribution in [-0.2, 0) is 11.2 Å². The molecule has 6 heteroatoms. The molecule has 1 N–H and O–H groups in total. The van der Waals surface area contributed by atoms with Crippen LogP contribution in [0.2, 0.25) is 0 Å². The second kappa shape index (κ2) is 9.74. The summed E-state index contributed by atoms with van der Waals surface area (Å²) in [4.78, 5) is 12.5. The van der Waals surface area contributed by atoms with Crippen LogP contribution < -0.4 is 5.32 Å². The molecule has 0 fully saturated rings. The molecule has 0 aliphatic heterocycles. The van der Waals surface area contributed by atoms with Crippen LogP contribution >= 0.6 is 11.8 Å². The van der Waals surface area contributed by atoms with E-state index < -0.39 is 0 Å². The summed E-state index contributed by atoms with van der Waals surface area (Å²) < 4.78 is 5.72. The third-order valence-electron chi connectivity index (χ3n) is 4.82. The largest absolute Gasteiger partial charge is 0.416 e. The van der Waals surface area contributed by atoms with E-state index in [1.165, 1.54) is 17.3 Å². The van der Waals surface area contributed by atoms with E-state index in [1.54, 1.807) is 0 Å². The van der Waals surface area contributed by atoms with Crippen LogP contribution in [0.4, 0.5) is 5.69 Å². The molecule has 1 heterocycles. The van der Waals surface area contributed by atoms with E-state index in [9.17, 15) is 4.79 Å². The van der Waals surface area contributed by atoms with Crippen molar-refractivity contribution in [1.29, 1.82) is 0 Å². The number of hydrogen-bond donors (Lipinski definition) is 1. The van der Waals surface area contributed by atoms with Crippen LogP contribution in [0.1, 0.15) is 55.2 Å². The Morgan fingerprint density at radius 3 is 2.55 bits per heavy atom. The van der Waals surface area contributed by atoms with Gasteiger partial charge in [-0.3, -0.25) is 4.79 Å². The molecular formula is C23H27N3O2S. The first-order valence-corrected chi connectivity index (χ1v) is 10.8. The molecule has 3 rings (SSSR count). The highest BCUT2D eigenvalue weighted by atomic mass is 32.2. The second-order valence-electron chi connectivity index (χ2n) is 7.51. The smallest absolute Gasteiger partial charge is 0.277 e. The Kier molecular flexibility index (Phi) is 7.09. The van der Waals surface area contributed by atoms with Crippen LogP contribution in [0.25, 0.3) is 0 Å². The molecular weight excluding hydrogens is 382 g/mol. The van der Waals surface area contributed by atoms with E-state index in [4.69, 9.17) is 4.42 Å². The zero-order valence-electron chi connectivity index (χ0n) is 17.3. The molecule has 1 amide bonds. The number of thioether (sulfide) groups is 1. The fourth-order valence-electron chi connectivity index (χ4n) is 3.19. The van der Waals surface area contributed by atoms with Gasteiger partial charge < -0.3 is 9.73 Å². The van der Waals surface area contributed by atoms with E-state index in [0.29, 0.717) is 23.5 Å². The number of anilines is 1. The van der Waals surface area contributed by atoms with Gasteiger partial charge in [0.05, 0.1) is 5.75 Å². The van der Waals surface area contributed by atoms with Gasteiger partial charge in [-0.25, -0.2) is 0 Å². The van der Waals surface area contributed by atoms with Crippen LogP contribution in [0.5, 0.6) is 0 Å². The molecule has 0 bridgehead atoms. The lowest BCUT2D eigenvalue weighted by molar-refractivity contribution is -0.113. The van der Waals surface area contributed by atoms with Crippen molar-refractivity contribution in [3.05, 3.63) is 71.1 Å². The summed E-state index contributed by atoms with van der Waals surface area (Å²) in [6.07, 6.45) is 0.671. The van der Waals surface area contributed by atoms with Crippen LogP contribution in [0, 0.1) is 6.92 Å². The first-order valence-electron chi connectivity index (χ1n) is 9.83. The van der Waals surface area contributed by atoms with Gasteiger partial charge in [0.15, 0.2) is 0 Å². The lowest BCUT2D eigenvalue weighted by Gasteiger charge is -2.16. The third-order valence-corrected chi connectivity index (χ3v) is 5.63. The number of nitrogens with zero attached hydrogens (tertiary/aromatic N) is 2. The first-order chi connectivity index (χ1) is 13.9. The fraction of sp³-hybridized carbons (Fsp3) is 0.348. The number of amides is 1. The Balaban J connectivity index is 1.55. The quantitative estimate of drug-likeness (QED) is 0.492. The molecule has 2 aromatic carbocycles. The Morgan fingerprint density at radius 1 is 1.07 bits per heavy atom. The molecule has 5 nitrogen and oxygen atoms in total. The molecule has 0 aliphatic carbocycles. The zero-order valence-corrected chi connectivity index (χ0v) is 18.1. The summed E-state index contributed by atoms with van der Waals surface area (Å²) in [6, 6.07) is 16.3. The maximum Gasteiger partial charge on any atom is 0.277 e. The molecule has 152 valence electrons. The number of carbonyl (C=O) groups is 1. The molecule has 1 unspecified atom stereocenters. The molecule has 0 aliphatic rings. The van der Waals surface area contributed by atoms with Crippen molar-refractivity contribution >= 4 is 23.4 Å². The molecule has 0 saturated carbocycles. The summed E-state index contributed by atoms with van der Waals surface area (Å²) in [7, 11) is 0. The highest BCUT2D eigenvalue weighted by molar-refractivity contribution is 7.99. The number of aromatic nitrogens is 2. The Bertz CT molecular complexity index is 954. The summed E-state index contributed by atoms with van der Waals surface area (Å²) in [5, 5.41) is 11.7. The monoisotopic (exact) mass is 409 g/mol. The van der Waals surface area contributed by atoms with Crippen LogP contribution in [-0.4, -0.2) is 21.9 Å². The van der Waals surface area contributed by atoms with Crippen molar-refractivity contribution in [3.63, 3.8) is 0 Å². The molecule has 0 spiro atoms. The molecule has 0 radical (unpaired) electrons. The maximum atomic E-state index is 12.5. The lowest BCUT2D eigenvalue weighted by atomic mass is 9.98. The molecule has 0 saturated heterocycles. The van der Waals surface area contributed by atoms with Crippen molar-refractivity contribution in [2.75, 3.05) is 11.1 Å². The van der Waals surface area contributed by atoms with Crippen molar-refractivity contribution in [1.82, 2.24) is 10.2 Å². The normalized spacial score (nSPS) is 12.2. The van der Waals surface area contributed by atoms with E-state index in [2.05, 4.69) is 54.5 Å². The van der Waals surface area contributed by atoms with Crippen molar-refractivity contribution in [2.45, 2.75) is 51.2 Å². The van der Waals surface area contributed by atoms with Gasteiger partial charge in [-0.2, -0.15) is 0 Å². The SMILES string of the molecule is Cc1cccc(C(C)C)c1NC(=O)CSc1nnc(CC(C)c2ccccc2)o1. The van der Waals surface area contributed by atoms with E-state index in [1.807, 2.05) is 37.3 Å². The van der Waals surface area contributed by atoms with Gasteiger partial charge in [0.25, 0.3) is 5.22 Å². The second-order valence-corrected chi connectivity index (χ2v) is 8.43. The predicted molar refractivity (Wildman–Crippen MR) is 117 cm³/mol. The topological polar surface area (TPSA) is 68.0 Å². The van der Waals surface area contributed by atoms with Gasteiger partial charge in [0, 0.05) is 12.1 Å². The number of carbonyl (C=O) groups excluding carboxylic acids is 1. The van der Waals surface area contributed by atoms with Crippen LogP contribution in [0.3, 0.4) is 0 Å². The van der Waals surface area contributed by atoms with Gasteiger partial charge >= 0.3 is 0 Å². The minimum Gasteiger partial charge on any atom is -0.416 e. The molecule has 3 aromatic rings. The predicted octanol–water partition coefficient (Wildman–Crippen LogP) is 5.58. The van der Waals surface area contributed by atoms with Crippen molar-refractivity contribution < 1.29 is 9.21 Å². The summed E-state index contributed by atoms with van der Waals surface area (Å²) in [5.41, 5.74) is 4.33. The fourth-order valence-corrected chi connectivity index (χ4v) is 3.77. The average molecular weight is 410 g/mol. The number of rotatable bonds is 8. The van der Waals surface area contributed by atoms with E-state index in [-0.39, 0.29) is 17.6 Å². The number of para-hydroxylation sites is 1. The molecule has 1 aromatic heterocycles. The molecule has 29 heavy (non-hydrogen) atoms. The number of benzene rings is 2. The molecule has 1 atom stereocenters. The standard InChI is InChI=1S/C23H27N3O2S/c1-15(2)19-12-8-9-16(3)22(19)24-20(27)14-29-23-26-25-21(28-23)13-17(4)18-10-6-5-7-11-18/h5-12,15,17H,13-14H2,1-4H3,(H,24,27). The third kappa shape index (κ3) is 5.70. The number of hydrogen-bond acceptors (Lipinski definition) is 5. The van der Waals surface area contributed by atoms with Gasteiger partial charge in [-0.05, 0) is 35.4 Å². The van der Waals surface area contributed by atoms with Gasteiger partial charge in [0.1, 0.15) is 0 Å². The average Bonchev–Trinajstić information content (AvgIpc) is 3.15. The van der Waals surface area contributed by atoms with E-state index >= 15 is 0 Å². The highest BCUT2D eigenvalue weighted by Crippen LogP contribution is 2.28. The minimum atomic E-state index is -0.0800. The highest BCUT2D eigenvalue weighted by Gasteiger charge is 2.15. The summed E-state index contributed by atoms with van der Waals surface area (Å²) in [5.74, 6) is 1.35. The van der Waals surface area contributed by atoms with Crippen molar-refractivity contribution in [3.8, 4) is 0 Å².